The van der Waals surface area contributed by atoms with E-state index in [2.05, 4.69) is 25.6 Å². The minimum atomic E-state index is -0.484. The van der Waals surface area contributed by atoms with Crippen molar-refractivity contribution in [2.24, 2.45) is 0 Å². The average Bonchev–Trinajstić information content (AvgIpc) is 3.09. The predicted molar refractivity (Wildman–Crippen MR) is 94.5 cm³/mol. The highest BCUT2D eigenvalue weighted by molar-refractivity contribution is 5.93. The third-order valence-corrected chi connectivity index (χ3v) is 3.87. The number of hydrogen-bond donors (Lipinski definition) is 2. The zero-order valence-electron chi connectivity index (χ0n) is 13.6. The van der Waals surface area contributed by atoms with Crippen molar-refractivity contribution in [1.82, 2.24) is 30.1 Å². The van der Waals surface area contributed by atoms with Gasteiger partial charge in [-0.15, -0.1) is 10.2 Å². The molecule has 8 heteroatoms. The van der Waals surface area contributed by atoms with Gasteiger partial charge < -0.3 is 10.3 Å². The van der Waals surface area contributed by atoms with Crippen molar-refractivity contribution < 1.29 is 4.79 Å². The molecule has 128 valence electrons. The fraction of sp³-hybridized carbons (Fsp3) is 0.0556. The second-order valence-electron chi connectivity index (χ2n) is 5.57. The third-order valence-electron chi connectivity index (χ3n) is 3.87. The summed E-state index contributed by atoms with van der Waals surface area (Å²) >= 11 is 0. The van der Waals surface area contributed by atoms with Crippen LogP contribution in [0.1, 0.15) is 16.2 Å². The Morgan fingerprint density at radius 3 is 2.69 bits per heavy atom. The van der Waals surface area contributed by atoms with Crippen LogP contribution in [0.3, 0.4) is 0 Å². The SMILES string of the molecule is O=C(NCc1nnc2ccc(-c3ccccc3)nn12)c1ccc[nH]c1=O. The monoisotopic (exact) mass is 346 g/mol. The molecule has 0 saturated heterocycles. The highest BCUT2D eigenvalue weighted by atomic mass is 16.2. The predicted octanol–water partition coefficient (Wildman–Crippen LogP) is 1.41. The molecule has 3 aromatic heterocycles. The number of benzene rings is 1. The Morgan fingerprint density at radius 2 is 1.88 bits per heavy atom. The zero-order chi connectivity index (χ0) is 17.9. The number of rotatable bonds is 4. The van der Waals surface area contributed by atoms with Gasteiger partial charge in [-0.2, -0.15) is 9.61 Å². The maximum Gasteiger partial charge on any atom is 0.260 e. The molecule has 4 aromatic rings. The molecule has 0 fully saturated rings. The number of fused-ring (bicyclic) bond motifs is 1. The summed E-state index contributed by atoms with van der Waals surface area (Å²) in [6, 6.07) is 16.5. The first-order valence-corrected chi connectivity index (χ1v) is 7.95. The van der Waals surface area contributed by atoms with Crippen LogP contribution in [-0.2, 0) is 6.54 Å². The van der Waals surface area contributed by atoms with E-state index in [1.807, 2.05) is 42.5 Å². The van der Waals surface area contributed by atoms with Crippen molar-refractivity contribution in [2.75, 3.05) is 0 Å². The summed E-state index contributed by atoms with van der Waals surface area (Å²) < 4.78 is 1.58. The van der Waals surface area contributed by atoms with E-state index in [0.717, 1.165) is 11.3 Å². The molecule has 0 atom stereocenters. The van der Waals surface area contributed by atoms with E-state index in [0.29, 0.717) is 11.5 Å². The van der Waals surface area contributed by atoms with Crippen molar-refractivity contribution in [3.8, 4) is 11.3 Å². The van der Waals surface area contributed by atoms with Crippen LogP contribution < -0.4 is 10.9 Å². The number of amides is 1. The van der Waals surface area contributed by atoms with Gasteiger partial charge in [-0.05, 0) is 24.3 Å². The first-order valence-electron chi connectivity index (χ1n) is 7.95. The van der Waals surface area contributed by atoms with Gasteiger partial charge in [0, 0.05) is 11.8 Å². The Bertz CT molecular complexity index is 1130. The minimum Gasteiger partial charge on any atom is -0.344 e. The van der Waals surface area contributed by atoms with Gasteiger partial charge in [0.15, 0.2) is 11.5 Å². The fourth-order valence-corrected chi connectivity index (χ4v) is 2.56. The molecule has 0 unspecified atom stereocenters. The number of hydrogen-bond acceptors (Lipinski definition) is 5. The lowest BCUT2D eigenvalue weighted by molar-refractivity contribution is 0.0948. The number of carbonyl (C=O) groups is 1. The molecule has 0 aliphatic carbocycles. The average molecular weight is 346 g/mol. The molecule has 8 nitrogen and oxygen atoms in total. The van der Waals surface area contributed by atoms with Crippen molar-refractivity contribution in [3.63, 3.8) is 0 Å². The number of aromatic amines is 1. The van der Waals surface area contributed by atoms with E-state index in [1.165, 1.54) is 12.3 Å². The number of pyridine rings is 1. The van der Waals surface area contributed by atoms with Crippen molar-refractivity contribution in [3.05, 3.63) is 82.5 Å². The molecule has 3 heterocycles. The van der Waals surface area contributed by atoms with Crippen LogP contribution in [-0.4, -0.2) is 30.7 Å². The lowest BCUT2D eigenvalue weighted by atomic mass is 10.1. The van der Waals surface area contributed by atoms with Crippen LogP contribution in [0.15, 0.2) is 65.6 Å². The van der Waals surface area contributed by atoms with Gasteiger partial charge in [-0.1, -0.05) is 30.3 Å². The van der Waals surface area contributed by atoms with E-state index >= 15 is 0 Å². The lowest BCUT2D eigenvalue weighted by Gasteiger charge is -2.05. The number of nitrogens with one attached hydrogen (secondary N) is 2. The number of nitrogens with zero attached hydrogens (tertiary/aromatic N) is 4. The Morgan fingerprint density at radius 1 is 1.04 bits per heavy atom. The summed E-state index contributed by atoms with van der Waals surface area (Å²) in [6.45, 7) is 0.0968. The Kier molecular flexibility index (Phi) is 3.98. The maximum atomic E-state index is 12.2. The molecule has 4 rings (SSSR count). The summed E-state index contributed by atoms with van der Waals surface area (Å²) in [5.74, 6) is -0.0127. The van der Waals surface area contributed by atoms with Gasteiger partial charge >= 0.3 is 0 Å². The molecule has 0 aliphatic rings. The van der Waals surface area contributed by atoms with Crippen LogP contribution in [0, 0.1) is 0 Å². The Balaban J connectivity index is 1.60. The van der Waals surface area contributed by atoms with Crippen LogP contribution in [0.25, 0.3) is 16.9 Å². The number of carbonyl (C=O) groups excluding carboxylic acids is 1. The molecule has 26 heavy (non-hydrogen) atoms. The highest BCUT2D eigenvalue weighted by Gasteiger charge is 2.13. The molecular formula is C18H14N6O2. The van der Waals surface area contributed by atoms with Crippen LogP contribution in [0.5, 0.6) is 0 Å². The van der Waals surface area contributed by atoms with E-state index in [4.69, 9.17) is 0 Å². The van der Waals surface area contributed by atoms with Gasteiger partial charge in [0.2, 0.25) is 0 Å². The smallest absolute Gasteiger partial charge is 0.260 e. The minimum absolute atomic E-state index is 0.0410. The van der Waals surface area contributed by atoms with Gasteiger partial charge in [-0.3, -0.25) is 9.59 Å². The molecular weight excluding hydrogens is 332 g/mol. The molecule has 0 radical (unpaired) electrons. The van der Waals surface area contributed by atoms with E-state index < -0.39 is 11.5 Å². The van der Waals surface area contributed by atoms with E-state index in [-0.39, 0.29) is 12.1 Å². The van der Waals surface area contributed by atoms with Crippen molar-refractivity contribution in [2.45, 2.75) is 6.54 Å². The van der Waals surface area contributed by atoms with Crippen molar-refractivity contribution in [1.29, 1.82) is 0 Å². The molecule has 1 aromatic carbocycles. The molecule has 0 bridgehead atoms. The van der Waals surface area contributed by atoms with E-state index in [9.17, 15) is 9.59 Å². The summed E-state index contributed by atoms with van der Waals surface area (Å²) in [6.07, 6.45) is 1.47. The molecule has 2 N–H and O–H groups in total. The normalized spacial score (nSPS) is 10.8. The second-order valence-corrected chi connectivity index (χ2v) is 5.57. The quantitative estimate of drug-likeness (QED) is 0.581. The molecule has 0 aliphatic heterocycles. The van der Waals surface area contributed by atoms with Gasteiger partial charge in [0.05, 0.1) is 12.2 Å². The molecule has 0 spiro atoms. The van der Waals surface area contributed by atoms with Crippen molar-refractivity contribution >= 4 is 11.6 Å². The van der Waals surface area contributed by atoms with Gasteiger partial charge in [0.25, 0.3) is 11.5 Å². The molecule has 1 amide bonds. The summed E-state index contributed by atoms with van der Waals surface area (Å²) in [5.41, 5.74) is 1.91. The topological polar surface area (TPSA) is 105 Å². The maximum absolute atomic E-state index is 12.2. The van der Waals surface area contributed by atoms with E-state index in [1.54, 1.807) is 10.6 Å². The highest BCUT2D eigenvalue weighted by Crippen LogP contribution is 2.16. The van der Waals surface area contributed by atoms with Gasteiger partial charge in [-0.25, -0.2) is 0 Å². The Labute approximate surface area is 147 Å². The standard InChI is InChI=1S/C18H14N6O2/c25-17-13(7-4-10-19-17)18(26)20-11-16-22-21-15-9-8-14(23-24(15)16)12-5-2-1-3-6-12/h1-10H,11H2,(H,19,25)(H,20,26). The van der Waals surface area contributed by atoms with Crippen LogP contribution in [0.4, 0.5) is 0 Å². The molecule has 0 saturated carbocycles. The summed E-state index contributed by atoms with van der Waals surface area (Å²) in [5, 5.41) is 15.3. The second kappa shape index (κ2) is 6.60. The largest absolute Gasteiger partial charge is 0.344 e. The lowest BCUT2D eigenvalue weighted by Crippen LogP contribution is -2.29. The first kappa shape index (κ1) is 15.7. The number of aromatic nitrogens is 5. The van der Waals surface area contributed by atoms with Crippen LogP contribution >= 0.6 is 0 Å². The van der Waals surface area contributed by atoms with Crippen LogP contribution in [0.2, 0.25) is 0 Å². The third kappa shape index (κ3) is 2.95. The summed E-state index contributed by atoms with van der Waals surface area (Å²) in [7, 11) is 0. The first-order chi connectivity index (χ1) is 12.7. The summed E-state index contributed by atoms with van der Waals surface area (Å²) in [4.78, 5) is 26.3. The zero-order valence-corrected chi connectivity index (χ0v) is 13.6. The number of H-pyrrole nitrogens is 1. The van der Waals surface area contributed by atoms with Gasteiger partial charge in [0.1, 0.15) is 5.56 Å². The fourth-order valence-electron chi connectivity index (χ4n) is 2.56. The Hall–Kier alpha value is -3.81.